The molecule has 0 saturated carbocycles. The van der Waals surface area contributed by atoms with Gasteiger partial charge in [0.25, 0.3) is 0 Å². The van der Waals surface area contributed by atoms with E-state index in [2.05, 4.69) is 18.8 Å². The molecular formula is C34H31F2N3O4. The van der Waals surface area contributed by atoms with Gasteiger partial charge < -0.3 is 19.1 Å². The second kappa shape index (κ2) is 11.2. The van der Waals surface area contributed by atoms with Crippen molar-refractivity contribution in [2.75, 3.05) is 13.2 Å². The molecule has 0 aliphatic carbocycles. The van der Waals surface area contributed by atoms with E-state index in [1.54, 1.807) is 30.3 Å². The highest BCUT2D eigenvalue weighted by Crippen LogP contribution is 2.40. The lowest BCUT2D eigenvalue weighted by Crippen LogP contribution is -2.27. The van der Waals surface area contributed by atoms with Crippen LogP contribution in [0.5, 0.6) is 5.88 Å². The van der Waals surface area contributed by atoms with E-state index in [9.17, 15) is 9.90 Å². The van der Waals surface area contributed by atoms with E-state index in [1.165, 1.54) is 12.1 Å². The van der Waals surface area contributed by atoms with Crippen LogP contribution < -0.4 is 4.74 Å². The van der Waals surface area contributed by atoms with Crippen molar-refractivity contribution in [1.29, 1.82) is 0 Å². The first kappa shape index (κ1) is 28.5. The summed E-state index contributed by atoms with van der Waals surface area (Å²) in [5.74, 6) is -1.48. The molecule has 0 bridgehead atoms. The van der Waals surface area contributed by atoms with E-state index in [-0.39, 0.29) is 40.3 Å². The molecule has 3 heterocycles. The molecule has 43 heavy (non-hydrogen) atoms. The van der Waals surface area contributed by atoms with Crippen LogP contribution in [-0.2, 0) is 17.8 Å². The number of hydrogen-bond acceptors (Lipinski definition) is 5. The smallest absolute Gasteiger partial charge is 0.335 e. The van der Waals surface area contributed by atoms with Gasteiger partial charge in [-0.2, -0.15) is 0 Å². The fourth-order valence-electron chi connectivity index (χ4n) is 5.50. The number of carbonyl (C=O) groups is 1. The van der Waals surface area contributed by atoms with Crippen LogP contribution in [0.15, 0.2) is 72.8 Å². The highest BCUT2D eigenvalue weighted by Gasteiger charge is 2.39. The zero-order valence-corrected chi connectivity index (χ0v) is 24.1. The van der Waals surface area contributed by atoms with Crippen LogP contribution in [0, 0.1) is 24.0 Å². The van der Waals surface area contributed by atoms with Gasteiger partial charge >= 0.3 is 5.97 Å². The molecule has 1 atom stereocenters. The van der Waals surface area contributed by atoms with Crippen LogP contribution in [0.3, 0.4) is 0 Å². The predicted molar refractivity (Wildman–Crippen MR) is 158 cm³/mol. The van der Waals surface area contributed by atoms with Gasteiger partial charge in [-0.1, -0.05) is 49.7 Å². The minimum absolute atomic E-state index is 0.000171. The molecule has 1 N–H and O–H groups in total. The minimum Gasteiger partial charge on any atom is -0.478 e. The van der Waals surface area contributed by atoms with Gasteiger partial charge in [-0.05, 0) is 54.4 Å². The van der Waals surface area contributed by atoms with Crippen LogP contribution in [0.1, 0.15) is 52.8 Å². The van der Waals surface area contributed by atoms with Gasteiger partial charge in [0, 0.05) is 23.5 Å². The number of rotatable bonds is 8. The second-order valence-electron chi connectivity index (χ2n) is 11.7. The lowest BCUT2D eigenvalue weighted by atomic mass is 9.87. The van der Waals surface area contributed by atoms with E-state index in [4.69, 9.17) is 14.5 Å². The molecule has 1 aliphatic rings. The highest BCUT2D eigenvalue weighted by atomic mass is 19.1. The molecule has 2 aromatic heterocycles. The average Bonchev–Trinajstić information content (AvgIpc) is 3.51. The molecule has 0 amide bonds. The summed E-state index contributed by atoms with van der Waals surface area (Å²) in [6.07, 6.45) is -0.000171. The van der Waals surface area contributed by atoms with E-state index in [1.807, 2.05) is 35.8 Å². The standard InChI is InChI=1S/C34H31F2N3O4/c1-20-7-9-21(10-8-20)17-43-32-6-4-5-27(38-32)24-16-25(35)23(13-26(24)36)15-31-37-28-12-11-22(33(40)41)14-29(28)39(31)30-18-42-19-34(30,2)3/h4-14,16,30H,15,17-19H2,1-3H3,(H,40,41). The Balaban J connectivity index is 1.32. The number of ether oxygens (including phenoxy) is 2. The summed E-state index contributed by atoms with van der Waals surface area (Å²) in [6.45, 7) is 7.32. The van der Waals surface area contributed by atoms with Crippen molar-refractivity contribution >= 4 is 17.0 Å². The zero-order chi connectivity index (χ0) is 30.3. The molecule has 1 unspecified atom stereocenters. The Morgan fingerprint density at radius 3 is 2.56 bits per heavy atom. The van der Waals surface area contributed by atoms with Gasteiger partial charge in [0.1, 0.15) is 24.1 Å². The van der Waals surface area contributed by atoms with Gasteiger partial charge in [0.05, 0.1) is 41.5 Å². The molecule has 5 aromatic rings. The second-order valence-corrected chi connectivity index (χ2v) is 11.7. The van der Waals surface area contributed by atoms with Crippen molar-refractivity contribution in [2.24, 2.45) is 5.41 Å². The predicted octanol–water partition coefficient (Wildman–Crippen LogP) is 7.15. The number of fused-ring (bicyclic) bond motifs is 1. The number of benzene rings is 3. The van der Waals surface area contributed by atoms with Crippen molar-refractivity contribution in [3.8, 4) is 17.1 Å². The number of pyridine rings is 1. The maximum Gasteiger partial charge on any atom is 0.335 e. The maximum absolute atomic E-state index is 15.6. The highest BCUT2D eigenvalue weighted by molar-refractivity contribution is 5.92. The monoisotopic (exact) mass is 583 g/mol. The van der Waals surface area contributed by atoms with Gasteiger partial charge in [0.2, 0.25) is 5.88 Å². The number of aromatic carboxylic acids is 1. The van der Waals surface area contributed by atoms with Gasteiger partial charge in [-0.3, -0.25) is 0 Å². The molecule has 1 saturated heterocycles. The molecule has 0 radical (unpaired) electrons. The molecule has 220 valence electrons. The lowest BCUT2D eigenvalue weighted by molar-refractivity contribution is 0.0697. The Kier molecular flexibility index (Phi) is 7.43. The van der Waals surface area contributed by atoms with Crippen LogP contribution in [0.4, 0.5) is 8.78 Å². The number of carboxylic acids is 1. The number of imidazole rings is 1. The minimum atomic E-state index is -1.06. The summed E-state index contributed by atoms with van der Waals surface area (Å²) in [7, 11) is 0. The Bertz CT molecular complexity index is 1830. The van der Waals surface area contributed by atoms with Crippen molar-refractivity contribution in [2.45, 2.75) is 39.8 Å². The number of carboxylic acid groups (broad SMARTS) is 1. The van der Waals surface area contributed by atoms with Gasteiger partial charge in [-0.25, -0.2) is 23.5 Å². The average molecular weight is 584 g/mol. The molecule has 9 heteroatoms. The fraction of sp³-hybridized carbons (Fsp3) is 0.265. The van der Waals surface area contributed by atoms with E-state index >= 15 is 8.78 Å². The first-order chi connectivity index (χ1) is 20.6. The summed E-state index contributed by atoms with van der Waals surface area (Å²) < 4.78 is 44.7. The topological polar surface area (TPSA) is 86.5 Å². The van der Waals surface area contributed by atoms with Crippen molar-refractivity contribution < 1.29 is 28.2 Å². The first-order valence-electron chi connectivity index (χ1n) is 14.0. The fourth-order valence-corrected chi connectivity index (χ4v) is 5.50. The summed E-state index contributed by atoms with van der Waals surface area (Å²) in [5.41, 5.74) is 3.54. The number of halogens is 2. The molecule has 3 aromatic carbocycles. The first-order valence-corrected chi connectivity index (χ1v) is 14.0. The van der Waals surface area contributed by atoms with E-state index in [0.29, 0.717) is 42.6 Å². The number of hydrogen-bond donors (Lipinski definition) is 1. The Morgan fingerprint density at radius 2 is 1.84 bits per heavy atom. The van der Waals surface area contributed by atoms with Crippen LogP contribution in [0.25, 0.3) is 22.3 Å². The SMILES string of the molecule is Cc1ccc(COc2cccc(-c3cc(F)c(Cc4nc5ccc(C(=O)O)cc5n4C4COCC4(C)C)cc3F)n2)cc1. The normalized spacial score (nSPS) is 16.1. The van der Waals surface area contributed by atoms with Crippen LogP contribution in [-0.4, -0.2) is 38.8 Å². The third-order valence-electron chi connectivity index (χ3n) is 7.96. The summed E-state index contributed by atoms with van der Waals surface area (Å²) in [6, 6.07) is 19.7. The largest absolute Gasteiger partial charge is 0.478 e. The van der Waals surface area contributed by atoms with Crippen LogP contribution in [0.2, 0.25) is 0 Å². The molecular weight excluding hydrogens is 552 g/mol. The van der Waals surface area contributed by atoms with Gasteiger partial charge in [0.15, 0.2) is 0 Å². The van der Waals surface area contributed by atoms with Crippen molar-refractivity contribution in [1.82, 2.24) is 14.5 Å². The molecule has 1 aliphatic heterocycles. The number of aromatic nitrogens is 3. The Hall–Kier alpha value is -4.63. The Morgan fingerprint density at radius 1 is 1.05 bits per heavy atom. The van der Waals surface area contributed by atoms with E-state index in [0.717, 1.165) is 17.2 Å². The molecule has 6 rings (SSSR count). The summed E-state index contributed by atoms with van der Waals surface area (Å²) >= 11 is 0. The van der Waals surface area contributed by atoms with Gasteiger partial charge in [-0.15, -0.1) is 0 Å². The third kappa shape index (κ3) is 5.72. The van der Waals surface area contributed by atoms with Crippen molar-refractivity contribution in [3.63, 3.8) is 0 Å². The summed E-state index contributed by atoms with van der Waals surface area (Å²) in [4.78, 5) is 20.9. The number of aryl methyl sites for hydroxylation is 1. The zero-order valence-electron chi connectivity index (χ0n) is 24.1. The Labute approximate surface area is 247 Å². The number of nitrogens with zero attached hydrogens (tertiary/aromatic N) is 3. The molecule has 0 spiro atoms. The van der Waals surface area contributed by atoms with Crippen molar-refractivity contribution in [3.05, 3.63) is 113 Å². The quantitative estimate of drug-likeness (QED) is 0.209. The summed E-state index contributed by atoms with van der Waals surface area (Å²) in [5, 5.41) is 9.58. The molecule has 1 fully saturated rings. The lowest BCUT2D eigenvalue weighted by Gasteiger charge is -2.28. The van der Waals surface area contributed by atoms with Crippen LogP contribution >= 0.6 is 0 Å². The van der Waals surface area contributed by atoms with E-state index < -0.39 is 17.6 Å². The maximum atomic E-state index is 15.6. The molecule has 7 nitrogen and oxygen atoms in total. The third-order valence-corrected chi connectivity index (χ3v) is 7.96.